The fourth-order valence-corrected chi connectivity index (χ4v) is 4.78. The van der Waals surface area contributed by atoms with E-state index >= 15 is 0 Å². The summed E-state index contributed by atoms with van der Waals surface area (Å²) < 4.78 is 1.26. The molecular formula is C24H34N6O3. The van der Waals surface area contributed by atoms with Gasteiger partial charge in [0, 0.05) is 31.1 Å². The molecule has 1 aromatic heterocycles. The molecule has 3 aliphatic heterocycles. The maximum atomic E-state index is 13.3. The predicted molar refractivity (Wildman–Crippen MR) is 126 cm³/mol. The highest BCUT2D eigenvalue weighted by Gasteiger charge is 2.35. The molecule has 3 amide bonds. The van der Waals surface area contributed by atoms with E-state index in [1.165, 1.54) is 4.68 Å². The molecule has 0 saturated carbocycles. The molecule has 0 aliphatic carbocycles. The summed E-state index contributed by atoms with van der Waals surface area (Å²) in [6, 6.07) is 5.12. The van der Waals surface area contributed by atoms with Crippen LogP contribution in [0.1, 0.15) is 55.6 Å². The number of carbonyl (C=O) groups excluding carboxylic acids is 3. The number of fused-ring (bicyclic) bond motifs is 4. The Labute approximate surface area is 194 Å². The highest BCUT2D eigenvalue weighted by Crippen LogP contribution is 2.28. The Morgan fingerprint density at radius 2 is 1.79 bits per heavy atom. The van der Waals surface area contributed by atoms with E-state index in [-0.39, 0.29) is 36.0 Å². The normalized spacial score (nSPS) is 21.7. The Hall–Kier alpha value is -2.94. The Morgan fingerprint density at radius 3 is 2.45 bits per heavy atom. The van der Waals surface area contributed by atoms with Crippen molar-refractivity contribution in [3.63, 3.8) is 0 Å². The Bertz CT molecular complexity index is 1020. The first kappa shape index (κ1) is 23.2. The molecule has 3 fully saturated rings. The minimum Gasteiger partial charge on any atom is -0.356 e. The van der Waals surface area contributed by atoms with Crippen molar-refractivity contribution in [3.05, 3.63) is 29.5 Å². The van der Waals surface area contributed by atoms with Crippen LogP contribution in [0.4, 0.5) is 4.79 Å². The minimum absolute atomic E-state index is 0.0671. The third-order valence-corrected chi connectivity index (χ3v) is 6.59. The van der Waals surface area contributed by atoms with Crippen LogP contribution in [-0.2, 0) is 11.2 Å². The van der Waals surface area contributed by atoms with Crippen LogP contribution in [-0.4, -0.2) is 71.3 Å². The topological polar surface area (TPSA) is 108 Å². The fourth-order valence-electron chi connectivity index (χ4n) is 4.78. The fraction of sp³-hybridized carbons (Fsp3) is 0.583. The average molecular weight is 455 g/mol. The second-order valence-corrected chi connectivity index (χ2v) is 9.09. The van der Waals surface area contributed by atoms with Crippen LogP contribution in [0.2, 0.25) is 0 Å². The summed E-state index contributed by atoms with van der Waals surface area (Å²) in [5.74, 6) is 0.147. The number of aromatic nitrogens is 2. The number of benzene rings is 1. The molecule has 2 aromatic rings. The predicted octanol–water partition coefficient (Wildman–Crippen LogP) is 1.90. The standard InChI is InChI=1S/C24H34N6O3/c1-3-9-25-21(31)14-16-5-6-20-18(13-16)22(28-30(20)24(33)26-10-4-2)23(32)27-19-15-29-11-7-17(19)8-12-29/h5-6,13,17,19H,3-4,7-12,14-15H2,1-2H3,(H,25,31)(H,26,33)(H,27,32)/t19-/m0/s1. The summed E-state index contributed by atoms with van der Waals surface area (Å²) >= 11 is 0. The Balaban J connectivity index is 1.62. The molecule has 4 heterocycles. The van der Waals surface area contributed by atoms with Crippen LogP contribution in [0.3, 0.4) is 0 Å². The molecule has 3 aliphatic rings. The largest absolute Gasteiger partial charge is 0.356 e. The summed E-state index contributed by atoms with van der Waals surface area (Å²) in [6.45, 7) is 8.18. The average Bonchev–Trinajstić information content (AvgIpc) is 3.21. The summed E-state index contributed by atoms with van der Waals surface area (Å²) in [5.41, 5.74) is 1.56. The van der Waals surface area contributed by atoms with Crippen molar-refractivity contribution < 1.29 is 14.4 Å². The summed E-state index contributed by atoms with van der Waals surface area (Å²) in [5, 5.41) is 13.9. The first-order chi connectivity index (χ1) is 16.0. The number of amides is 3. The maximum absolute atomic E-state index is 13.3. The highest BCUT2D eigenvalue weighted by atomic mass is 16.2. The molecule has 33 heavy (non-hydrogen) atoms. The minimum atomic E-state index is -0.364. The molecule has 2 bridgehead atoms. The van der Waals surface area contributed by atoms with Gasteiger partial charge in [0.2, 0.25) is 5.91 Å². The van der Waals surface area contributed by atoms with E-state index in [0.717, 1.165) is 50.9 Å². The van der Waals surface area contributed by atoms with E-state index in [4.69, 9.17) is 0 Å². The van der Waals surface area contributed by atoms with Gasteiger partial charge in [-0.15, -0.1) is 0 Å². The van der Waals surface area contributed by atoms with Gasteiger partial charge in [0.25, 0.3) is 5.91 Å². The van der Waals surface area contributed by atoms with Crippen LogP contribution < -0.4 is 16.0 Å². The van der Waals surface area contributed by atoms with E-state index < -0.39 is 0 Å². The van der Waals surface area contributed by atoms with Crippen LogP contribution in [0, 0.1) is 5.92 Å². The SMILES string of the molecule is CCCNC(=O)Cc1ccc2c(c1)c(C(=O)N[C@H]1CN3CCC1CC3)nn2C(=O)NCCC. The highest BCUT2D eigenvalue weighted by molar-refractivity contribution is 6.07. The number of hydrogen-bond acceptors (Lipinski definition) is 5. The molecule has 178 valence electrons. The van der Waals surface area contributed by atoms with Gasteiger partial charge in [0.1, 0.15) is 0 Å². The van der Waals surface area contributed by atoms with Crippen molar-refractivity contribution in [3.8, 4) is 0 Å². The molecule has 9 nitrogen and oxygen atoms in total. The zero-order valence-corrected chi connectivity index (χ0v) is 19.5. The molecule has 0 spiro atoms. The first-order valence-corrected chi connectivity index (χ1v) is 12.1. The van der Waals surface area contributed by atoms with Crippen LogP contribution >= 0.6 is 0 Å². The Kier molecular flexibility index (Phi) is 7.27. The maximum Gasteiger partial charge on any atom is 0.342 e. The van der Waals surface area contributed by atoms with Gasteiger partial charge in [0.15, 0.2) is 5.69 Å². The van der Waals surface area contributed by atoms with Gasteiger partial charge in [-0.2, -0.15) is 9.78 Å². The van der Waals surface area contributed by atoms with E-state index in [0.29, 0.717) is 29.9 Å². The van der Waals surface area contributed by atoms with Gasteiger partial charge in [-0.1, -0.05) is 19.9 Å². The first-order valence-electron chi connectivity index (χ1n) is 12.1. The number of nitrogens with zero attached hydrogens (tertiary/aromatic N) is 3. The lowest BCUT2D eigenvalue weighted by molar-refractivity contribution is -0.120. The zero-order chi connectivity index (χ0) is 23.4. The number of nitrogens with one attached hydrogen (secondary N) is 3. The molecule has 0 unspecified atom stereocenters. The van der Waals surface area contributed by atoms with E-state index in [9.17, 15) is 14.4 Å². The number of hydrogen-bond donors (Lipinski definition) is 3. The van der Waals surface area contributed by atoms with E-state index in [1.54, 1.807) is 6.07 Å². The van der Waals surface area contributed by atoms with Crippen molar-refractivity contribution >= 4 is 28.7 Å². The second-order valence-electron chi connectivity index (χ2n) is 9.09. The molecule has 1 aromatic carbocycles. The van der Waals surface area contributed by atoms with E-state index in [2.05, 4.69) is 25.9 Å². The lowest BCUT2D eigenvalue weighted by Crippen LogP contribution is -2.57. The summed E-state index contributed by atoms with van der Waals surface area (Å²) in [6.07, 6.45) is 4.07. The molecule has 5 rings (SSSR count). The van der Waals surface area contributed by atoms with Gasteiger partial charge < -0.3 is 20.9 Å². The quantitative estimate of drug-likeness (QED) is 0.565. The molecule has 3 saturated heterocycles. The molecular weight excluding hydrogens is 420 g/mol. The third-order valence-electron chi connectivity index (χ3n) is 6.59. The Morgan fingerprint density at radius 1 is 1.06 bits per heavy atom. The van der Waals surface area contributed by atoms with E-state index in [1.807, 2.05) is 26.0 Å². The second kappa shape index (κ2) is 10.3. The van der Waals surface area contributed by atoms with Crippen molar-refractivity contribution in [1.29, 1.82) is 0 Å². The third kappa shape index (κ3) is 5.19. The van der Waals surface area contributed by atoms with Crippen molar-refractivity contribution in [2.75, 3.05) is 32.7 Å². The van der Waals surface area contributed by atoms with Gasteiger partial charge >= 0.3 is 6.03 Å². The van der Waals surface area contributed by atoms with Gasteiger partial charge in [-0.05, 0) is 62.4 Å². The number of carbonyl (C=O) groups is 3. The molecule has 3 N–H and O–H groups in total. The molecule has 9 heteroatoms. The van der Waals surface area contributed by atoms with Crippen LogP contribution in [0.25, 0.3) is 10.9 Å². The molecule has 1 atom stereocenters. The smallest absolute Gasteiger partial charge is 0.342 e. The van der Waals surface area contributed by atoms with Gasteiger partial charge in [0.05, 0.1) is 11.9 Å². The van der Waals surface area contributed by atoms with Crippen LogP contribution in [0.15, 0.2) is 18.2 Å². The lowest BCUT2D eigenvalue weighted by atomic mass is 9.84. The monoisotopic (exact) mass is 454 g/mol. The van der Waals surface area contributed by atoms with Gasteiger partial charge in [-0.3, -0.25) is 9.59 Å². The summed E-state index contributed by atoms with van der Waals surface area (Å²) in [7, 11) is 0. The molecule has 0 radical (unpaired) electrons. The summed E-state index contributed by atoms with van der Waals surface area (Å²) in [4.78, 5) is 40.6. The van der Waals surface area contributed by atoms with Crippen molar-refractivity contribution in [2.24, 2.45) is 5.92 Å². The van der Waals surface area contributed by atoms with Crippen molar-refractivity contribution in [2.45, 2.75) is 52.0 Å². The zero-order valence-electron chi connectivity index (χ0n) is 19.5. The van der Waals surface area contributed by atoms with Crippen LogP contribution in [0.5, 0.6) is 0 Å². The van der Waals surface area contributed by atoms with Crippen molar-refractivity contribution in [1.82, 2.24) is 30.6 Å². The van der Waals surface area contributed by atoms with Gasteiger partial charge in [-0.25, -0.2) is 4.79 Å². The number of piperidine rings is 3. The lowest BCUT2D eigenvalue weighted by Gasteiger charge is -2.44. The number of rotatable bonds is 8.